The molecule has 0 saturated heterocycles. The number of carboxylic acid groups (broad SMARTS) is 1. The van der Waals surface area contributed by atoms with Crippen LogP contribution < -0.4 is 0 Å². The zero-order valence-corrected chi connectivity index (χ0v) is 5.97. The molecule has 0 bridgehead atoms. The molecule has 1 fully saturated rings. The quantitative estimate of drug-likeness (QED) is 0.372. The number of nitrogens with zero attached hydrogens (tertiary/aromatic N) is 3. The molecule has 5 nitrogen and oxygen atoms in total. The first kappa shape index (κ1) is 7.88. The van der Waals surface area contributed by atoms with E-state index >= 15 is 0 Å². The number of carbonyl (C=O) groups is 1. The van der Waals surface area contributed by atoms with Crippen molar-refractivity contribution in [2.24, 2.45) is 11.0 Å². The summed E-state index contributed by atoms with van der Waals surface area (Å²) in [6, 6.07) is -0.0962. The van der Waals surface area contributed by atoms with E-state index in [1.807, 2.05) is 0 Å². The lowest BCUT2D eigenvalue weighted by Gasteiger charge is -1.99. The van der Waals surface area contributed by atoms with Crippen molar-refractivity contribution < 1.29 is 9.90 Å². The summed E-state index contributed by atoms with van der Waals surface area (Å²) in [7, 11) is 0. The molecule has 1 saturated carbocycles. The van der Waals surface area contributed by atoms with Crippen LogP contribution in [0.2, 0.25) is 0 Å². The van der Waals surface area contributed by atoms with Crippen molar-refractivity contribution in [3.8, 4) is 0 Å². The maximum absolute atomic E-state index is 10.4. The van der Waals surface area contributed by atoms with E-state index in [9.17, 15) is 4.79 Å². The summed E-state index contributed by atoms with van der Waals surface area (Å²) in [5, 5.41) is 12.0. The first-order valence-electron chi connectivity index (χ1n) is 3.51. The van der Waals surface area contributed by atoms with Gasteiger partial charge in [-0.1, -0.05) is 5.11 Å². The summed E-state index contributed by atoms with van der Waals surface area (Å²) in [4.78, 5) is 13.1. The van der Waals surface area contributed by atoms with Gasteiger partial charge < -0.3 is 5.11 Å². The number of rotatable bonds is 2. The Kier molecular flexibility index (Phi) is 2.33. The predicted molar refractivity (Wildman–Crippen MR) is 37.9 cm³/mol. The molecule has 0 amide bonds. The second-order valence-corrected chi connectivity index (χ2v) is 2.71. The Bertz CT molecular complexity index is 202. The fourth-order valence-electron chi connectivity index (χ4n) is 1.36. The van der Waals surface area contributed by atoms with Crippen molar-refractivity contribution in [2.45, 2.75) is 25.3 Å². The topological polar surface area (TPSA) is 86.1 Å². The van der Waals surface area contributed by atoms with Crippen LogP contribution in [-0.2, 0) is 4.79 Å². The maximum atomic E-state index is 10.4. The van der Waals surface area contributed by atoms with E-state index in [2.05, 4.69) is 10.0 Å². The number of aliphatic carboxylic acids is 1. The normalized spacial score (nSPS) is 29.5. The van der Waals surface area contributed by atoms with Gasteiger partial charge in [-0.3, -0.25) is 4.79 Å². The van der Waals surface area contributed by atoms with Gasteiger partial charge in [0.05, 0.1) is 5.92 Å². The van der Waals surface area contributed by atoms with Crippen LogP contribution in [0.15, 0.2) is 5.11 Å². The molecule has 0 aromatic rings. The fourth-order valence-corrected chi connectivity index (χ4v) is 1.36. The van der Waals surface area contributed by atoms with Crippen molar-refractivity contribution in [1.29, 1.82) is 0 Å². The van der Waals surface area contributed by atoms with Gasteiger partial charge in [0.1, 0.15) is 0 Å². The first-order chi connectivity index (χ1) is 5.24. The highest BCUT2D eigenvalue weighted by molar-refractivity contribution is 5.70. The summed E-state index contributed by atoms with van der Waals surface area (Å²) in [6.45, 7) is 0. The van der Waals surface area contributed by atoms with E-state index in [-0.39, 0.29) is 12.0 Å². The fraction of sp³-hybridized carbons (Fsp3) is 0.833. The lowest BCUT2D eigenvalue weighted by molar-refractivity contribution is -0.141. The molecule has 0 heterocycles. The summed E-state index contributed by atoms with van der Waals surface area (Å²) in [5.41, 5.74) is 8.06. The highest BCUT2D eigenvalue weighted by Gasteiger charge is 2.28. The highest BCUT2D eigenvalue weighted by Crippen LogP contribution is 2.27. The van der Waals surface area contributed by atoms with Gasteiger partial charge in [-0.2, -0.15) is 0 Å². The molecular weight excluding hydrogens is 146 g/mol. The molecule has 0 aromatic heterocycles. The van der Waals surface area contributed by atoms with Gasteiger partial charge >= 0.3 is 5.97 Å². The van der Waals surface area contributed by atoms with Crippen molar-refractivity contribution >= 4 is 5.97 Å². The van der Waals surface area contributed by atoms with Gasteiger partial charge in [0, 0.05) is 11.0 Å². The maximum Gasteiger partial charge on any atom is 0.306 e. The Morgan fingerprint density at radius 2 is 2.36 bits per heavy atom. The summed E-state index contributed by atoms with van der Waals surface area (Å²) >= 11 is 0. The monoisotopic (exact) mass is 155 g/mol. The number of hydrogen-bond donors (Lipinski definition) is 1. The van der Waals surface area contributed by atoms with Crippen molar-refractivity contribution in [3.05, 3.63) is 10.4 Å². The van der Waals surface area contributed by atoms with Crippen molar-refractivity contribution in [3.63, 3.8) is 0 Å². The van der Waals surface area contributed by atoms with Gasteiger partial charge in [0.15, 0.2) is 0 Å². The number of carboxylic acids is 1. The Hall–Kier alpha value is -1.22. The molecule has 5 heteroatoms. The van der Waals surface area contributed by atoms with Crippen molar-refractivity contribution in [1.82, 2.24) is 0 Å². The molecular formula is C6H9N3O2. The average Bonchev–Trinajstić information content (AvgIpc) is 2.37. The van der Waals surface area contributed by atoms with Crippen LogP contribution in [0.3, 0.4) is 0 Å². The standard InChI is InChI=1S/C6H9N3O2/c7-9-8-5-2-1-4(3-5)6(10)11/h4-5H,1-3H2,(H,10,11)/t4-,5?/m0/s1. The molecule has 11 heavy (non-hydrogen) atoms. The van der Waals surface area contributed by atoms with Crippen LogP contribution in [0.4, 0.5) is 0 Å². The smallest absolute Gasteiger partial charge is 0.306 e. The molecule has 60 valence electrons. The van der Waals surface area contributed by atoms with E-state index < -0.39 is 5.97 Å². The SMILES string of the molecule is [N-]=[N+]=NC1CC[C@H](C(=O)O)C1. The second kappa shape index (κ2) is 3.25. The molecule has 0 radical (unpaired) electrons. The molecule has 0 aromatic carbocycles. The Balaban J connectivity index is 2.46. The van der Waals surface area contributed by atoms with E-state index in [0.29, 0.717) is 19.3 Å². The number of azide groups is 1. The van der Waals surface area contributed by atoms with Crippen LogP contribution in [0.5, 0.6) is 0 Å². The molecule has 1 aliphatic rings. The zero-order valence-electron chi connectivity index (χ0n) is 5.97. The van der Waals surface area contributed by atoms with E-state index in [1.165, 1.54) is 0 Å². The van der Waals surface area contributed by atoms with Gasteiger partial charge in [0.25, 0.3) is 0 Å². The largest absolute Gasteiger partial charge is 0.481 e. The lowest BCUT2D eigenvalue weighted by Crippen LogP contribution is -2.09. The third kappa shape index (κ3) is 1.85. The molecule has 2 atom stereocenters. The van der Waals surface area contributed by atoms with Crippen LogP contribution in [0, 0.1) is 5.92 Å². The minimum atomic E-state index is -0.777. The Morgan fingerprint density at radius 3 is 2.82 bits per heavy atom. The summed E-state index contributed by atoms with van der Waals surface area (Å²) in [6.07, 6.45) is 1.85. The second-order valence-electron chi connectivity index (χ2n) is 2.71. The predicted octanol–water partition coefficient (Wildman–Crippen LogP) is 1.55. The Labute approximate surface area is 63.6 Å². The van der Waals surface area contributed by atoms with E-state index in [4.69, 9.17) is 10.6 Å². The van der Waals surface area contributed by atoms with Crippen LogP contribution in [-0.4, -0.2) is 17.1 Å². The van der Waals surface area contributed by atoms with Crippen LogP contribution in [0.25, 0.3) is 10.4 Å². The lowest BCUT2D eigenvalue weighted by atomic mass is 10.1. The van der Waals surface area contributed by atoms with Crippen LogP contribution in [0.1, 0.15) is 19.3 Å². The van der Waals surface area contributed by atoms with E-state index in [1.54, 1.807) is 0 Å². The van der Waals surface area contributed by atoms with Gasteiger partial charge in [-0.15, -0.1) is 0 Å². The average molecular weight is 155 g/mol. The minimum Gasteiger partial charge on any atom is -0.481 e. The number of hydrogen-bond acceptors (Lipinski definition) is 2. The molecule has 1 aliphatic carbocycles. The zero-order chi connectivity index (χ0) is 8.27. The highest BCUT2D eigenvalue weighted by atomic mass is 16.4. The summed E-state index contributed by atoms with van der Waals surface area (Å²) in [5.74, 6) is -1.08. The molecule has 1 rings (SSSR count). The molecule has 0 aliphatic heterocycles. The molecule has 0 spiro atoms. The third-order valence-electron chi connectivity index (χ3n) is 1.97. The van der Waals surface area contributed by atoms with Gasteiger partial charge in [-0.05, 0) is 24.8 Å². The van der Waals surface area contributed by atoms with Crippen molar-refractivity contribution in [2.75, 3.05) is 0 Å². The molecule has 1 unspecified atom stereocenters. The van der Waals surface area contributed by atoms with Crippen LogP contribution >= 0.6 is 0 Å². The summed E-state index contributed by atoms with van der Waals surface area (Å²) < 4.78 is 0. The molecule has 1 N–H and O–H groups in total. The van der Waals surface area contributed by atoms with Gasteiger partial charge in [0.2, 0.25) is 0 Å². The first-order valence-corrected chi connectivity index (χ1v) is 3.51. The third-order valence-corrected chi connectivity index (χ3v) is 1.97. The van der Waals surface area contributed by atoms with Gasteiger partial charge in [-0.25, -0.2) is 0 Å². The Morgan fingerprint density at radius 1 is 1.64 bits per heavy atom. The van der Waals surface area contributed by atoms with E-state index in [0.717, 1.165) is 0 Å². The minimum absolute atomic E-state index is 0.0962.